The number of furan rings is 1. The smallest absolute Gasteiger partial charge is 0.350 e. The number of Topliss-reactive ketones (excluding diaryl/α,β-unsaturated/α-hetero) is 1. The number of amides is 1. The zero-order valence-electron chi connectivity index (χ0n) is 21.8. The maximum absolute atomic E-state index is 13.9. The third-order valence-electron chi connectivity index (χ3n) is 6.32. The van der Waals surface area contributed by atoms with Crippen LogP contribution in [0.2, 0.25) is 0 Å². The number of anilines is 1. The summed E-state index contributed by atoms with van der Waals surface area (Å²) >= 11 is 0.913. The highest BCUT2D eigenvalue weighted by Gasteiger charge is 2.47. The number of aliphatic hydroxyl groups excluding tert-OH is 1. The number of aliphatic hydroxyl groups is 1. The minimum absolute atomic E-state index is 0.00384. The fourth-order valence-corrected chi connectivity index (χ4v) is 5.47. The first-order chi connectivity index (χ1) is 19.3. The largest absolute Gasteiger partial charge is 0.503 e. The summed E-state index contributed by atoms with van der Waals surface area (Å²) in [4.78, 5) is 45.8. The van der Waals surface area contributed by atoms with E-state index in [9.17, 15) is 19.5 Å². The Hall–Kier alpha value is -4.90. The normalized spacial score (nSPS) is 15.0. The van der Waals surface area contributed by atoms with E-state index in [4.69, 9.17) is 18.6 Å². The summed E-state index contributed by atoms with van der Waals surface area (Å²) in [7, 11) is 2.97. The average Bonchev–Trinajstić information content (AvgIpc) is 3.65. The topological polar surface area (TPSA) is 128 Å². The minimum atomic E-state index is -1.10. The molecule has 0 radical (unpaired) electrons. The van der Waals surface area contributed by atoms with Gasteiger partial charge in [-0.15, -0.1) is 0 Å². The maximum atomic E-state index is 13.9. The van der Waals surface area contributed by atoms with Crippen LogP contribution in [0.15, 0.2) is 76.9 Å². The molecule has 1 aliphatic heterocycles. The number of hydrogen-bond acceptors (Lipinski definition) is 10. The average molecular weight is 561 g/mol. The number of hydrogen-bond donors (Lipinski definition) is 1. The lowest BCUT2D eigenvalue weighted by molar-refractivity contribution is -0.117. The number of ketones is 1. The molecule has 0 saturated heterocycles. The number of methoxy groups -OCH3 is 2. The zero-order chi connectivity index (χ0) is 28.6. The summed E-state index contributed by atoms with van der Waals surface area (Å²) in [6, 6.07) is 12.4. The molecule has 1 amide bonds. The molecule has 0 saturated carbocycles. The van der Waals surface area contributed by atoms with Gasteiger partial charge in [0.05, 0.1) is 31.5 Å². The van der Waals surface area contributed by atoms with Crippen LogP contribution in [-0.2, 0) is 9.53 Å². The molecule has 2 aromatic carbocycles. The van der Waals surface area contributed by atoms with E-state index in [1.165, 1.54) is 31.3 Å². The Bertz CT molecular complexity index is 1700. The van der Waals surface area contributed by atoms with Crippen LogP contribution in [0, 0.1) is 6.92 Å². The number of para-hydroxylation sites is 1. The second-order valence-corrected chi connectivity index (χ2v) is 9.71. The molecule has 4 aromatic rings. The number of nitrogens with zero attached hydrogens (tertiary/aromatic N) is 2. The van der Waals surface area contributed by atoms with E-state index in [1.54, 1.807) is 49.4 Å². The van der Waals surface area contributed by atoms with E-state index in [1.807, 2.05) is 0 Å². The van der Waals surface area contributed by atoms with Gasteiger partial charge in [-0.05, 0) is 36.8 Å². The summed E-state index contributed by atoms with van der Waals surface area (Å²) in [5.41, 5.74) is 0.943. The number of aryl methyl sites for hydroxylation is 1. The molecular formula is C29H24N2O8S. The monoisotopic (exact) mass is 560 g/mol. The highest BCUT2D eigenvalue weighted by atomic mass is 32.1. The Morgan fingerprint density at radius 1 is 1.18 bits per heavy atom. The molecule has 3 heterocycles. The summed E-state index contributed by atoms with van der Waals surface area (Å²) in [6.07, 6.45) is 1.44. The van der Waals surface area contributed by atoms with E-state index in [0.29, 0.717) is 33.7 Å². The summed E-state index contributed by atoms with van der Waals surface area (Å²) in [5.74, 6) is -2.13. The van der Waals surface area contributed by atoms with E-state index >= 15 is 0 Å². The Labute approximate surface area is 232 Å². The Balaban J connectivity index is 1.63. The van der Waals surface area contributed by atoms with Crippen molar-refractivity contribution in [2.75, 3.05) is 25.7 Å². The van der Waals surface area contributed by atoms with Crippen molar-refractivity contribution in [2.24, 2.45) is 0 Å². The SMILES string of the molecule is C=CCOC(=O)c1sc(N2C(=O)C(O)=C(C(=O)c3cc4cccc(OC)c4o3)C2c2cccc(OC)c2)nc1C. The maximum Gasteiger partial charge on any atom is 0.350 e. The molecule has 0 spiro atoms. The van der Waals surface area contributed by atoms with Crippen molar-refractivity contribution in [1.82, 2.24) is 4.98 Å². The number of ether oxygens (including phenoxy) is 3. The van der Waals surface area contributed by atoms with Crippen LogP contribution in [0.25, 0.3) is 11.0 Å². The van der Waals surface area contributed by atoms with E-state index < -0.39 is 29.5 Å². The Kier molecular flexibility index (Phi) is 7.14. The number of carbonyl (C=O) groups is 3. The van der Waals surface area contributed by atoms with Gasteiger partial charge in [-0.2, -0.15) is 0 Å². The number of rotatable bonds is 9. The highest BCUT2D eigenvalue weighted by Crippen LogP contribution is 2.45. The molecule has 1 unspecified atom stereocenters. The van der Waals surface area contributed by atoms with Crippen molar-refractivity contribution in [3.8, 4) is 11.5 Å². The van der Waals surface area contributed by atoms with E-state index in [2.05, 4.69) is 11.6 Å². The minimum Gasteiger partial charge on any atom is -0.503 e. The van der Waals surface area contributed by atoms with Crippen molar-refractivity contribution in [1.29, 1.82) is 0 Å². The lowest BCUT2D eigenvalue weighted by Crippen LogP contribution is -2.31. The van der Waals surface area contributed by atoms with Crippen molar-refractivity contribution < 1.29 is 38.1 Å². The molecule has 1 N–H and O–H groups in total. The molecule has 10 nitrogen and oxygen atoms in total. The first kappa shape index (κ1) is 26.7. The van der Waals surface area contributed by atoms with Crippen LogP contribution >= 0.6 is 11.3 Å². The Morgan fingerprint density at radius 3 is 2.67 bits per heavy atom. The third kappa shape index (κ3) is 4.50. The van der Waals surface area contributed by atoms with Crippen molar-refractivity contribution in [3.63, 3.8) is 0 Å². The molecule has 1 aliphatic rings. The quantitative estimate of drug-likeness (QED) is 0.164. The molecular weight excluding hydrogens is 536 g/mol. The standard InChI is InChI=1S/C29H24N2O8S/c1-5-12-38-28(35)26-15(2)30-29(40-26)31-22(16-8-6-10-18(13-16)36-3)21(24(33)27(31)34)23(32)20-14-17-9-7-11-19(37-4)25(17)39-20/h5-11,13-14,22,33H,1,12H2,2-4H3. The number of fused-ring (bicyclic) bond motifs is 1. The Morgan fingerprint density at radius 2 is 1.95 bits per heavy atom. The summed E-state index contributed by atoms with van der Waals surface area (Å²) < 4.78 is 21.7. The van der Waals surface area contributed by atoms with Crippen LogP contribution < -0.4 is 14.4 Å². The predicted molar refractivity (Wildman–Crippen MR) is 147 cm³/mol. The highest BCUT2D eigenvalue weighted by molar-refractivity contribution is 7.17. The third-order valence-corrected chi connectivity index (χ3v) is 7.46. The second kappa shape index (κ2) is 10.7. The molecule has 0 fully saturated rings. The van der Waals surface area contributed by atoms with Gasteiger partial charge in [-0.3, -0.25) is 14.5 Å². The molecule has 11 heteroatoms. The number of aromatic nitrogens is 1. The van der Waals surface area contributed by atoms with Crippen LogP contribution in [-0.4, -0.2) is 48.6 Å². The van der Waals surface area contributed by atoms with Gasteiger partial charge in [0.2, 0.25) is 5.78 Å². The van der Waals surface area contributed by atoms with Gasteiger partial charge >= 0.3 is 5.97 Å². The molecule has 2 aromatic heterocycles. The predicted octanol–water partition coefficient (Wildman–Crippen LogP) is 5.34. The molecule has 0 bridgehead atoms. The number of carbonyl (C=O) groups excluding carboxylic acids is 3. The molecule has 5 rings (SSSR count). The van der Waals surface area contributed by atoms with Crippen LogP contribution in [0.3, 0.4) is 0 Å². The molecule has 40 heavy (non-hydrogen) atoms. The summed E-state index contributed by atoms with van der Waals surface area (Å²) in [6.45, 7) is 5.14. The van der Waals surface area contributed by atoms with Gasteiger partial charge in [0.15, 0.2) is 28.0 Å². The van der Waals surface area contributed by atoms with Crippen LogP contribution in [0.1, 0.15) is 37.5 Å². The fraction of sp³-hybridized carbons (Fsp3) is 0.172. The first-order valence-electron chi connectivity index (χ1n) is 12.1. The molecule has 204 valence electrons. The lowest BCUT2D eigenvalue weighted by atomic mass is 9.95. The first-order valence-corrected chi connectivity index (χ1v) is 12.9. The number of thiazole rings is 1. The van der Waals surface area contributed by atoms with Gasteiger partial charge in [0, 0.05) is 5.39 Å². The van der Waals surface area contributed by atoms with Crippen molar-refractivity contribution in [3.05, 3.63) is 94.4 Å². The number of benzene rings is 2. The zero-order valence-corrected chi connectivity index (χ0v) is 22.6. The van der Waals surface area contributed by atoms with Gasteiger partial charge in [-0.25, -0.2) is 9.78 Å². The fourth-order valence-electron chi connectivity index (χ4n) is 4.48. The van der Waals surface area contributed by atoms with Crippen molar-refractivity contribution in [2.45, 2.75) is 13.0 Å². The van der Waals surface area contributed by atoms with E-state index in [0.717, 1.165) is 11.3 Å². The summed E-state index contributed by atoms with van der Waals surface area (Å²) in [5, 5.41) is 11.8. The van der Waals surface area contributed by atoms with Crippen LogP contribution in [0.5, 0.6) is 11.5 Å². The van der Waals surface area contributed by atoms with Crippen molar-refractivity contribution >= 4 is 45.1 Å². The van der Waals surface area contributed by atoms with Crippen LogP contribution in [0.4, 0.5) is 5.13 Å². The second-order valence-electron chi connectivity index (χ2n) is 8.73. The van der Waals surface area contributed by atoms with Gasteiger partial charge < -0.3 is 23.7 Å². The number of esters is 1. The van der Waals surface area contributed by atoms with E-state index in [-0.39, 0.29) is 27.9 Å². The lowest BCUT2D eigenvalue weighted by Gasteiger charge is -2.24. The van der Waals surface area contributed by atoms with Gasteiger partial charge in [0.1, 0.15) is 17.2 Å². The molecule has 0 aliphatic carbocycles. The van der Waals surface area contributed by atoms with Gasteiger partial charge in [0.25, 0.3) is 5.91 Å². The molecule has 1 atom stereocenters. The van der Waals surface area contributed by atoms with Gasteiger partial charge in [-0.1, -0.05) is 48.3 Å².